The molecule has 0 fully saturated rings. The number of benzene rings is 1. The standard InChI is InChI=1S/C24H23FN6O2/c1-33-16-22-19(23(32)27-11-4-5-17-8-12-26-13-9-17)15-29-31(22)24-28-14-10-21(30-24)18-6-2-3-7-20(18)25/h2-3,6-10,12-15H,4-5,11,16H2,1H3,(H,27,32). The highest BCUT2D eigenvalue weighted by molar-refractivity contribution is 5.95. The van der Waals surface area contributed by atoms with Crippen LogP contribution in [0.15, 0.2) is 67.3 Å². The summed E-state index contributed by atoms with van der Waals surface area (Å²) in [4.78, 5) is 25.5. The minimum atomic E-state index is -0.383. The molecule has 0 aliphatic carbocycles. The fraction of sp³-hybridized carbons (Fsp3) is 0.208. The quantitative estimate of drug-likeness (QED) is 0.396. The summed E-state index contributed by atoms with van der Waals surface area (Å²) >= 11 is 0. The van der Waals surface area contributed by atoms with Gasteiger partial charge >= 0.3 is 0 Å². The molecule has 33 heavy (non-hydrogen) atoms. The van der Waals surface area contributed by atoms with Gasteiger partial charge in [-0.1, -0.05) is 12.1 Å². The lowest BCUT2D eigenvalue weighted by atomic mass is 10.1. The second-order valence-corrected chi connectivity index (χ2v) is 7.29. The maximum Gasteiger partial charge on any atom is 0.254 e. The van der Waals surface area contributed by atoms with E-state index in [0.717, 1.165) is 12.8 Å². The van der Waals surface area contributed by atoms with Gasteiger partial charge in [-0.15, -0.1) is 0 Å². The van der Waals surface area contributed by atoms with E-state index in [1.54, 1.807) is 36.7 Å². The number of pyridine rings is 1. The molecule has 0 aliphatic heterocycles. The number of hydrogen-bond acceptors (Lipinski definition) is 6. The summed E-state index contributed by atoms with van der Waals surface area (Å²) in [7, 11) is 1.53. The number of ether oxygens (including phenoxy) is 1. The fourth-order valence-electron chi connectivity index (χ4n) is 3.42. The Bertz CT molecular complexity index is 1230. The molecule has 168 valence electrons. The molecule has 4 aromatic rings. The predicted octanol–water partition coefficient (Wildman–Crippen LogP) is 3.37. The smallest absolute Gasteiger partial charge is 0.254 e. The van der Waals surface area contributed by atoms with Crippen molar-refractivity contribution < 1.29 is 13.9 Å². The average Bonchev–Trinajstić information content (AvgIpc) is 3.27. The molecule has 0 atom stereocenters. The summed E-state index contributed by atoms with van der Waals surface area (Å²) in [5.41, 5.74) is 2.82. The number of methoxy groups -OCH3 is 1. The van der Waals surface area contributed by atoms with Crippen LogP contribution in [-0.2, 0) is 17.8 Å². The van der Waals surface area contributed by atoms with Crippen LogP contribution in [0.2, 0.25) is 0 Å². The number of carbonyl (C=O) groups is 1. The van der Waals surface area contributed by atoms with E-state index < -0.39 is 0 Å². The van der Waals surface area contributed by atoms with Crippen LogP contribution in [-0.4, -0.2) is 44.3 Å². The van der Waals surface area contributed by atoms with Crippen LogP contribution in [0.1, 0.15) is 28.0 Å². The molecule has 0 radical (unpaired) electrons. The number of halogens is 1. The van der Waals surface area contributed by atoms with Crippen molar-refractivity contribution in [1.29, 1.82) is 0 Å². The first-order valence-electron chi connectivity index (χ1n) is 10.5. The number of amides is 1. The normalized spacial score (nSPS) is 10.8. The van der Waals surface area contributed by atoms with Crippen molar-refractivity contribution in [3.8, 4) is 17.2 Å². The molecule has 0 spiro atoms. The molecule has 9 heteroatoms. The lowest BCUT2D eigenvalue weighted by Gasteiger charge is -2.10. The Morgan fingerprint density at radius 2 is 1.94 bits per heavy atom. The van der Waals surface area contributed by atoms with Gasteiger partial charge in [0.1, 0.15) is 5.82 Å². The topological polar surface area (TPSA) is 94.8 Å². The zero-order valence-electron chi connectivity index (χ0n) is 18.1. The Morgan fingerprint density at radius 3 is 2.73 bits per heavy atom. The summed E-state index contributed by atoms with van der Waals surface area (Å²) in [5.74, 6) is -0.417. The van der Waals surface area contributed by atoms with E-state index in [9.17, 15) is 9.18 Å². The van der Waals surface area contributed by atoms with Gasteiger partial charge in [0.25, 0.3) is 11.9 Å². The van der Waals surface area contributed by atoms with Crippen LogP contribution in [0, 0.1) is 5.82 Å². The Kier molecular flexibility index (Phi) is 7.11. The first-order valence-corrected chi connectivity index (χ1v) is 10.5. The minimum Gasteiger partial charge on any atom is -0.378 e. The number of nitrogens with one attached hydrogen (secondary N) is 1. The van der Waals surface area contributed by atoms with Crippen molar-refractivity contribution in [3.63, 3.8) is 0 Å². The Balaban J connectivity index is 1.51. The van der Waals surface area contributed by atoms with Gasteiger partial charge in [0.2, 0.25) is 0 Å². The summed E-state index contributed by atoms with van der Waals surface area (Å²) in [5, 5.41) is 7.23. The zero-order chi connectivity index (χ0) is 23.0. The van der Waals surface area contributed by atoms with Gasteiger partial charge in [0, 0.05) is 37.8 Å². The van der Waals surface area contributed by atoms with Crippen LogP contribution >= 0.6 is 0 Å². The van der Waals surface area contributed by atoms with E-state index in [0.29, 0.717) is 29.1 Å². The highest BCUT2D eigenvalue weighted by Crippen LogP contribution is 2.21. The summed E-state index contributed by atoms with van der Waals surface area (Å²) in [6.07, 6.45) is 8.12. The predicted molar refractivity (Wildman–Crippen MR) is 120 cm³/mol. The van der Waals surface area contributed by atoms with Gasteiger partial charge in [0.05, 0.1) is 29.8 Å². The van der Waals surface area contributed by atoms with E-state index >= 15 is 0 Å². The molecule has 1 amide bonds. The van der Waals surface area contributed by atoms with E-state index in [1.165, 1.54) is 35.8 Å². The third kappa shape index (κ3) is 5.27. The molecular weight excluding hydrogens is 423 g/mol. The van der Waals surface area contributed by atoms with Crippen molar-refractivity contribution in [3.05, 3.63) is 89.9 Å². The zero-order valence-corrected chi connectivity index (χ0v) is 18.1. The minimum absolute atomic E-state index is 0.132. The third-order valence-corrected chi connectivity index (χ3v) is 5.05. The molecule has 1 N–H and O–H groups in total. The number of carbonyl (C=O) groups excluding carboxylic acids is 1. The molecule has 0 saturated carbocycles. The summed E-state index contributed by atoms with van der Waals surface area (Å²) < 4.78 is 21.0. The highest BCUT2D eigenvalue weighted by Gasteiger charge is 2.20. The lowest BCUT2D eigenvalue weighted by molar-refractivity contribution is 0.0948. The average molecular weight is 446 g/mol. The molecule has 3 heterocycles. The van der Waals surface area contributed by atoms with Crippen molar-refractivity contribution in [1.82, 2.24) is 30.0 Å². The third-order valence-electron chi connectivity index (χ3n) is 5.05. The second kappa shape index (κ2) is 10.6. The number of nitrogens with zero attached hydrogens (tertiary/aromatic N) is 5. The Hall–Kier alpha value is -3.98. The van der Waals surface area contributed by atoms with Crippen LogP contribution in [0.5, 0.6) is 0 Å². The monoisotopic (exact) mass is 446 g/mol. The van der Waals surface area contributed by atoms with Crippen LogP contribution in [0.25, 0.3) is 17.2 Å². The van der Waals surface area contributed by atoms with Crippen molar-refractivity contribution in [2.24, 2.45) is 0 Å². The maximum atomic E-state index is 14.2. The van der Waals surface area contributed by atoms with Crippen LogP contribution in [0.4, 0.5) is 4.39 Å². The highest BCUT2D eigenvalue weighted by atomic mass is 19.1. The van der Waals surface area contributed by atoms with Crippen LogP contribution in [0.3, 0.4) is 0 Å². The van der Waals surface area contributed by atoms with E-state index in [-0.39, 0.29) is 24.3 Å². The first kappa shape index (κ1) is 22.2. The second-order valence-electron chi connectivity index (χ2n) is 7.29. The largest absolute Gasteiger partial charge is 0.378 e. The lowest BCUT2D eigenvalue weighted by Crippen LogP contribution is -2.26. The number of hydrogen-bond donors (Lipinski definition) is 1. The SMILES string of the molecule is COCc1c(C(=O)NCCCc2ccncc2)cnn1-c1nccc(-c2ccccc2F)n1. The molecule has 3 aromatic heterocycles. The number of rotatable bonds is 9. The molecular formula is C24H23FN6O2. The van der Waals surface area contributed by atoms with E-state index in [4.69, 9.17) is 4.74 Å². The molecule has 0 unspecified atom stereocenters. The van der Waals surface area contributed by atoms with E-state index in [1.807, 2.05) is 12.1 Å². The fourth-order valence-corrected chi connectivity index (χ4v) is 3.42. The van der Waals surface area contributed by atoms with Crippen molar-refractivity contribution >= 4 is 5.91 Å². The molecule has 0 saturated heterocycles. The van der Waals surface area contributed by atoms with Gasteiger partial charge in [0.15, 0.2) is 0 Å². The Labute approximate surface area is 190 Å². The van der Waals surface area contributed by atoms with Gasteiger partial charge in [-0.25, -0.2) is 14.4 Å². The maximum absolute atomic E-state index is 14.2. The molecule has 1 aromatic carbocycles. The van der Waals surface area contributed by atoms with Crippen LogP contribution < -0.4 is 5.32 Å². The molecule has 4 rings (SSSR count). The van der Waals surface area contributed by atoms with E-state index in [2.05, 4.69) is 25.4 Å². The van der Waals surface area contributed by atoms with Crippen molar-refractivity contribution in [2.45, 2.75) is 19.4 Å². The van der Waals surface area contributed by atoms with Crippen molar-refractivity contribution in [2.75, 3.05) is 13.7 Å². The molecule has 8 nitrogen and oxygen atoms in total. The van der Waals surface area contributed by atoms with Gasteiger partial charge in [-0.3, -0.25) is 9.78 Å². The van der Waals surface area contributed by atoms with Gasteiger partial charge < -0.3 is 10.1 Å². The number of aromatic nitrogens is 5. The summed E-state index contributed by atoms with van der Waals surface area (Å²) in [6, 6.07) is 11.9. The summed E-state index contributed by atoms with van der Waals surface area (Å²) in [6.45, 7) is 0.644. The molecule has 0 bridgehead atoms. The first-order chi connectivity index (χ1) is 16.2. The van der Waals surface area contributed by atoms with Gasteiger partial charge in [-0.2, -0.15) is 9.78 Å². The number of aryl methyl sites for hydroxylation is 1. The van der Waals surface area contributed by atoms with Gasteiger partial charge in [-0.05, 0) is 48.7 Å². The Morgan fingerprint density at radius 1 is 1.12 bits per heavy atom. The molecule has 0 aliphatic rings.